The number of phenols is 1. The smallest absolute Gasteiger partial charge is 0.260 e. The van der Waals surface area contributed by atoms with Crippen LogP contribution in [-0.2, 0) is 0 Å². The fraction of sp³-hybridized carbons (Fsp3) is 0. The highest BCUT2D eigenvalue weighted by atomic mass is 35.5. The summed E-state index contributed by atoms with van der Waals surface area (Å²) in [5, 5.41) is 12.1. The molecule has 0 fully saturated rings. The molecule has 2 aromatic rings. The molecule has 1 heterocycles. The van der Waals surface area contributed by atoms with E-state index in [1.165, 1.54) is 6.07 Å². The third-order valence-electron chi connectivity index (χ3n) is 2.16. The van der Waals surface area contributed by atoms with E-state index in [0.717, 1.165) is 12.1 Å². The molecule has 0 spiro atoms. The summed E-state index contributed by atoms with van der Waals surface area (Å²) in [6.45, 7) is 0. The first-order valence-corrected chi connectivity index (χ1v) is 5.36. The predicted octanol–water partition coefficient (Wildman–Crippen LogP) is 2.83. The molecule has 0 saturated heterocycles. The molecule has 6 heteroatoms. The van der Waals surface area contributed by atoms with Crippen molar-refractivity contribution in [3.8, 4) is 5.75 Å². The van der Waals surface area contributed by atoms with Crippen molar-refractivity contribution in [2.24, 2.45) is 0 Å². The van der Waals surface area contributed by atoms with E-state index in [1.54, 1.807) is 18.2 Å². The molecule has 2 N–H and O–H groups in total. The second kappa shape index (κ2) is 5.01. The molecule has 0 saturated carbocycles. The fourth-order valence-electron chi connectivity index (χ4n) is 1.36. The Morgan fingerprint density at radius 1 is 1.33 bits per heavy atom. The van der Waals surface area contributed by atoms with Gasteiger partial charge in [0.1, 0.15) is 22.5 Å². The standard InChI is InChI=1S/C12H8ClFN2O2/c13-10-2-1-3-11(15-10)16-12(18)8-5-4-7(14)6-9(8)17/h1-6,17H,(H,15,16,18). The van der Waals surface area contributed by atoms with Crippen LogP contribution in [0.25, 0.3) is 0 Å². The van der Waals surface area contributed by atoms with Gasteiger partial charge in [-0.25, -0.2) is 9.37 Å². The lowest BCUT2D eigenvalue weighted by atomic mass is 10.2. The first-order valence-electron chi connectivity index (χ1n) is 4.98. The van der Waals surface area contributed by atoms with Gasteiger partial charge in [0.2, 0.25) is 0 Å². The van der Waals surface area contributed by atoms with E-state index in [4.69, 9.17) is 11.6 Å². The highest BCUT2D eigenvalue weighted by molar-refractivity contribution is 6.29. The maximum Gasteiger partial charge on any atom is 0.260 e. The van der Waals surface area contributed by atoms with Gasteiger partial charge in [-0.1, -0.05) is 17.7 Å². The Labute approximate surface area is 107 Å². The zero-order chi connectivity index (χ0) is 13.1. The summed E-state index contributed by atoms with van der Waals surface area (Å²) in [7, 11) is 0. The lowest BCUT2D eigenvalue weighted by Gasteiger charge is -2.06. The van der Waals surface area contributed by atoms with Crippen molar-refractivity contribution < 1.29 is 14.3 Å². The summed E-state index contributed by atoms with van der Waals surface area (Å²) in [4.78, 5) is 15.6. The van der Waals surface area contributed by atoms with Crippen molar-refractivity contribution in [2.45, 2.75) is 0 Å². The summed E-state index contributed by atoms with van der Waals surface area (Å²) in [6.07, 6.45) is 0. The van der Waals surface area contributed by atoms with Crippen molar-refractivity contribution in [1.29, 1.82) is 0 Å². The number of rotatable bonds is 2. The molecule has 18 heavy (non-hydrogen) atoms. The monoisotopic (exact) mass is 266 g/mol. The van der Waals surface area contributed by atoms with Gasteiger partial charge in [-0.3, -0.25) is 4.79 Å². The summed E-state index contributed by atoms with van der Waals surface area (Å²) in [5.41, 5.74) is -0.0434. The molecule has 92 valence electrons. The van der Waals surface area contributed by atoms with Crippen LogP contribution < -0.4 is 5.32 Å². The van der Waals surface area contributed by atoms with Crippen LogP contribution in [0.1, 0.15) is 10.4 Å². The summed E-state index contributed by atoms with van der Waals surface area (Å²) in [5.74, 6) is -1.40. The van der Waals surface area contributed by atoms with Crippen molar-refractivity contribution in [3.05, 3.63) is 52.9 Å². The minimum Gasteiger partial charge on any atom is -0.507 e. The summed E-state index contributed by atoms with van der Waals surface area (Å²) < 4.78 is 12.8. The Kier molecular flexibility index (Phi) is 3.43. The molecule has 0 atom stereocenters. The lowest BCUT2D eigenvalue weighted by Crippen LogP contribution is -2.13. The van der Waals surface area contributed by atoms with E-state index in [1.807, 2.05) is 0 Å². The summed E-state index contributed by atoms with van der Waals surface area (Å²) >= 11 is 5.66. The van der Waals surface area contributed by atoms with E-state index < -0.39 is 17.5 Å². The maximum absolute atomic E-state index is 12.8. The van der Waals surface area contributed by atoms with Crippen molar-refractivity contribution in [2.75, 3.05) is 5.32 Å². The SMILES string of the molecule is O=C(Nc1cccc(Cl)n1)c1ccc(F)cc1O. The molecule has 4 nitrogen and oxygen atoms in total. The van der Waals surface area contributed by atoms with Gasteiger partial charge in [-0.05, 0) is 24.3 Å². The first-order chi connectivity index (χ1) is 8.56. The van der Waals surface area contributed by atoms with Crippen LogP contribution in [0.5, 0.6) is 5.75 Å². The number of pyridine rings is 1. The summed E-state index contributed by atoms with van der Waals surface area (Å²) in [6, 6.07) is 7.86. The van der Waals surface area contributed by atoms with Gasteiger partial charge >= 0.3 is 0 Å². The van der Waals surface area contributed by atoms with Crippen molar-refractivity contribution in [3.63, 3.8) is 0 Å². The Morgan fingerprint density at radius 2 is 2.11 bits per heavy atom. The number of halogens is 2. The molecule has 1 amide bonds. The van der Waals surface area contributed by atoms with Crippen LogP contribution in [0.2, 0.25) is 5.15 Å². The van der Waals surface area contributed by atoms with Gasteiger partial charge in [0.15, 0.2) is 0 Å². The number of anilines is 1. The van der Waals surface area contributed by atoms with Crippen molar-refractivity contribution in [1.82, 2.24) is 4.98 Å². The van der Waals surface area contributed by atoms with E-state index in [0.29, 0.717) is 0 Å². The van der Waals surface area contributed by atoms with Gasteiger partial charge in [0, 0.05) is 6.07 Å². The largest absolute Gasteiger partial charge is 0.507 e. The number of hydrogen-bond donors (Lipinski definition) is 2. The van der Waals surface area contributed by atoms with Crippen LogP contribution in [-0.4, -0.2) is 16.0 Å². The number of aromatic nitrogens is 1. The molecule has 0 bridgehead atoms. The van der Waals surface area contributed by atoms with Crippen LogP contribution in [0.3, 0.4) is 0 Å². The molecule has 0 unspecified atom stereocenters. The molecular weight excluding hydrogens is 259 g/mol. The number of phenolic OH excluding ortho intramolecular Hbond substituents is 1. The van der Waals surface area contributed by atoms with E-state index in [9.17, 15) is 14.3 Å². The number of hydrogen-bond acceptors (Lipinski definition) is 3. The molecule has 2 rings (SSSR count). The van der Waals surface area contributed by atoms with Crippen LogP contribution >= 0.6 is 11.6 Å². The second-order valence-electron chi connectivity index (χ2n) is 3.46. The van der Waals surface area contributed by atoms with Gasteiger partial charge in [0.05, 0.1) is 5.56 Å². The molecule has 0 aliphatic rings. The number of benzene rings is 1. The van der Waals surface area contributed by atoms with Gasteiger partial charge in [-0.2, -0.15) is 0 Å². The van der Waals surface area contributed by atoms with Gasteiger partial charge < -0.3 is 10.4 Å². The third kappa shape index (κ3) is 2.75. The van der Waals surface area contributed by atoms with Gasteiger partial charge in [0.25, 0.3) is 5.91 Å². The number of carbonyl (C=O) groups excluding carboxylic acids is 1. The molecular formula is C12H8ClFN2O2. The van der Waals surface area contributed by atoms with E-state index in [-0.39, 0.29) is 16.5 Å². The van der Waals surface area contributed by atoms with Gasteiger partial charge in [-0.15, -0.1) is 0 Å². The predicted molar refractivity (Wildman–Crippen MR) is 65.3 cm³/mol. The number of amides is 1. The normalized spacial score (nSPS) is 10.1. The Morgan fingerprint density at radius 3 is 2.78 bits per heavy atom. The second-order valence-corrected chi connectivity index (χ2v) is 3.85. The number of nitrogens with one attached hydrogen (secondary N) is 1. The first kappa shape index (κ1) is 12.3. The molecule has 0 aliphatic heterocycles. The minimum absolute atomic E-state index is 0.0434. The Bertz CT molecular complexity index is 604. The van der Waals surface area contributed by atoms with E-state index >= 15 is 0 Å². The topological polar surface area (TPSA) is 62.2 Å². The fourth-order valence-corrected chi connectivity index (χ4v) is 1.52. The quantitative estimate of drug-likeness (QED) is 0.822. The number of nitrogens with zero attached hydrogens (tertiary/aromatic N) is 1. The van der Waals surface area contributed by atoms with Crippen LogP contribution in [0, 0.1) is 5.82 Å². The van der Waals surface area contributed by atoms with E-state index in [2.05, 4.69) is 10.3 Å². The van der Waals surface area contributed by atoms with Crippen LogP contribution in [0.15, 0.2) is 36.4 Å². The average molecular weight is 267 g/mol. The molecule has 0 radical (unpaired) electrons. The Hall–Kier alpha value is -2.14. The maximum atomic E-state index is 12.8. The zero-order valence-corrected chi connectivity index (χ0v) is 9.78. The molecule has 1 aromatic carbocycles. The third-order valence-corrected chi connectivity index (χ3v) is 2.37. The Balaban J connectivity index is 2.22. The van der Waals surface area contributed by atoms with Crippen molar-refractivity contribution >= 4 is 23.3 Å². The number of aromatic hydroxyl groups is 1. The van der Waals surface area contributed by atoms with Crippen LogP contribution in [0.4, 0.5) is 10.2 Å². The highest BCUT2D eigenvalue weighted by Gasteiger charge is 2.12. The molecule has 1 aromatic heterocycles. The average Bonchev–Trinajstić information content (AvgIpc) is 2.28. The zero-order valence-electron chi connectivity index (χ0n) is 9.02. The highest BCUT2D eigenvalue weighted by Crippen LogP contribution is 2.19. The lowest BCUT2D eigenvalue weighted by molar-refractivity contribution is 0.102. The minimum atomic E-state index is -0.620. The molecule has 0 aliphatic carbocycles. The number of carbonyl (C=O) groups is 1.